The number of halogens is 1. The maximum Gasteiger partial charge on any atom is 0.146 e. The summed E-state index contributed by atoms with van der Waals surface area (Å²) in [7, 11) is 0. The lowest BCUT2D eigenvalue weighted by Crippen LogP contribution is -1.99. The van der Waals surface area contributed by atoms with Gasteiger partial charge in [-0.3, -0.25) is 0 Å². The number of nitrogen functional groups attached to an aromatic ring is 1. The predicted octanol–water partition coefficient (Wildman–Crippen LogP) is 2.81. The van der Waals surface area contributed by atoms with E-state index < -0.39 is 0 Å². The van der Waals surface area contributed by atoms with Crippen molar-refractivity contribution >= 4 is 16.7 Å². The van der Waals surface area contributed by atoms with Crippen LogP contribution in [0.4, 0.5) is 10.1 Å². The van der Waals surface area contributed by atoms with Crippen molar-refractivity contribution in [3.05, 3.63) is 60.2 Å². The third-order valence-electron chi connectivity index (χ3n) is 2.95. The van der Waals surface area contributed by atoms with E-state index in [1.54, 1.807) is 12.4 Å². The first-order valence-electron chi connectivity index (χ1n) is 5.68. The Labute approximate surface area is 104 Å². The van der Waals surface area contributed by atoms with Gasteiger partial charge in [-0.25, -0.2) is 9.37 Å². The number of imidazole rings is 1. The van der Waals surface area contributed by atoms with E-state index in [1.807, 2.05) is 34.9 Å². The summed E-state index contributed by atoms with van der Waals surface area (Å²) in [5.41, 5.74) is 8.47. The monoisotopic (exact) mass is 241 g/mol. The molecule has 1 aromatic heterocycles. The number of hydrogen-bond acceptors (Lipinski definition) is 2. The van der Waals surface area contributed by atoms with Crippen LogP contribution in [0.1, 0.15) is 5.56 Å². The van der Waals surface area contributed by atoms with Gasteiger partial charge in [0.15, 0.2) is 0 Å². The van der Waals surface area contributed by atoms with Crippen LogP contribution >= 0.6 is 0 Å². The van der Waals surface area contributed by atoms with E-state index in [9.17, 15) is 4.39 Å². The molecule has 0 saturated carbocycles. The van der Waals surface area contributed by atoms with Gasteiger partial charge in [0.05, 0.1) is 23.0 Å². The normalized spacial score (nSPS) is 10.9. The van der Waals surface area contributed by atoms with Gasteiger partial charge in [0.1, 0.15) is 5.82 Å². The Kier molecular flexibility index (Phi) is 2.48. The summed E-state index contributed by atoms with van der Waals surface area (Å²) in [6.07, 6.45) is 1.76. The minimum absolute atomic E-state index is 0.175. The van der Waals surface area contributed by atoms with Gasteiger partial charge in [0.2, 0.25) is 0 Å². The quantitative estimate of drug-likeness (QED) is 0.701. The zero-order valence-electron chi connectivity index (χ0n) is 9.68. The highest BCUT2D eigenvalue weighted by Crippen LogP contribution is 2.16. The summed E-state index contributed by atoms with van der Waals surface area (Å²) in [6, 6.07) is 12.7. The zero-order chi connectivity index (χ0) is 12.5. The first kappa shape index (κ1) is 10.8. The van der Waals surface area contributed by atoms with Crippen molar-refractivity contribution in [2.45, 2.75) is 6.54 Å². The van der Waals surface area contributed by atoms with Crippen molar-refractivity contribution in [2.75, 3.05) is 5.73 Å². The molecule has 90 valence electrons. The molecule has 0 aliphatic carbocycles. The SMILES string of the molecule is Nc1ccc(Cn2cnc3ccccc32)cc1F. The van der Waals surface area contributed by atoms with Gasteiger partial charge in [-0.1, -0.05) is 18.2 Å². The molecule has 0 saturated heterocycles. The molecule has 0 atom stereocenters. The van der Waals surface area contributed by atoms with Crippen LogP contribution in [0.5, 0.6) is 0 Å². The average Bonchev–Trinajstić information content (AvgIpc) is 2.78. The summed E-state index contributed by atoms with van der Waals surface area (Å²) >= 11 is 0. The second kappa shape index (κ2) is 4.14. The first-order valence-corrected chi connectivity index (χ1v) is 5.68. The molecule has 2 N–H and O–H groups in total. The molecule has 0 spiro atoms. The molecule has 0 fully saturated rings. The highest BCUT2D eigenvalue weighted by atomic mass is 19.1. The molecule has 3 aromatic rings. The second-order valence-electron chi connectivity index (χ2n) is 4.22. The maximum absolute atomic E-state index is 13.4. The van der Waals surface area contributed by atoms with Crippen LogP contribution in [0.15, 0.2) is 48.8 Å². The largest absolute Gasteiger partial charge is 0.396 e. The number of benzene rings is 2. The molecule has 0 aliphatic heterocycles. The molecule has 2 aromatic carbocycles. The van der Waals surface area contributed by atoms with Gasteiger partial charge in [0, 0.05) is 6.54 Å². The van der Waals surface area contributed by atoms with Crippen molar-refractivity contribution < 1.29 is 4.39 Å². The molecule has 3 rings (SSSR count). The fourth-order valence-corrected chi connectivity index (χ4v) is 2.00. The van der Waals surface area contributed by atoms with Crippen molar-refractivity contribution in [3.8, 4) is 0 Å². The number of hydrogen-bond donors (Lipinski definition) is 1. The van der Waals surface area contributed by atoms with Gasteiger partial charge in [0.25, 0.3) is 0 Å². The summed E-state index contributed by atoms with van der Waals surface area (Å²) < 4.78 is 15.4. The highest BCUT2D eigenvalue weighted by Gasteiger charge is 2.04. The van der Waals surface area contributed by atoms with Crippen LogP contribution in [0, 0.1) is 5.82 Å². The van der Waals surface area contributed by atoms with Gasteiger partial charge in [-0.05, 0) is 29.8 Å². The molecule has 0 bridgehead atoms. The maximum atomic E-state index is 13.4. The summed E-state index contributed by atoms with van der Waals surface area (Å²) in [5.74, 6) is -0.378. The summed E-state index contributed by atoms with van der Waals surface area (Å²) in [6.45, 7) is 0.581. The summed E-state index contributed by atoms with van der Waals surface area (Å²) in [5, 5.41) is 0. The molecule has 18 heavy (non-hydrogen) atoms. The second-order valence-corrected chi connectivity index (χ2v) is 4.22. The van der Waals surface area contributed by atoms with Crippen LogP contribution in [0.25, 0.3) is 11.0 Å². The van der Waals surface area contributed by atoms with E-state index >= 15 is 0 Å². The fraction of sp³-hybridized carbons (Fsp3) is 0.0714. The van der Waals surface area contributed by atoms with Gasteiger partial charge >= 0.3 is 0 Å². The molecular formula is C14H12FN3. The van der Waals surface area contributed by atoms with Crippen LogP contribution < -0.4 is 5.73 Å². The lowest BCUT2D eigenvalue weighted by molar-refractivity contribution is 0.628. The van der Waals surface area contributed by atoms with Crippen LogP contribution in [-0.4, -0.2) is 9.55 Å². The third kappa shape index (κ3) is 1.82. The molecule has 0 unspecified atom stereocenters. The smallest absolute Gasteiger partial charge is 0.146 e. The Bertz CT molecular complexity index is 703. The average molecular weight is 241 g/mol. The Hall–Kier alpha value is -2.36. The first-order chi connectivity index (χ1) is 8.74. The topological polar surface area (TPSA) is 43.8 Å². The highest BCUT2D eigenvalue weighted by molar-refractivity contribution is 5.75. The minimum Gasteiger partial charge on any atom is -0.396 e. The predicted molar refractivity (Wildman–Crippen MR) is 69.6 cm³/mol. The standard InChI is InChI=1S/C14H12FN3/c15-11-7-10(5-6-12(11)16)8-18-9-17-13-3-1-2-4-14(13)18/h1-7,9H,8,16H2. The number of fused-ring (bicyclic) bond motifs is 1. The number of rotatable bonds is 2. The van der Waals surface area contributed by atoms with E-state index in [2.05, 4.69) is 4.98 Å². The van der Waals surface area contributed by atoms with Crippen molar-refractivity contribution in [1.29, 1.82) is 0 Å². The summed E-state index contributed by atoms with van der Waals surface area (Å²) in [4.78, 5) is 4.30. The number of para-hydroxylation sites is 2. The van der Waals surface area contributed by atoms with E-state index in [4.69, 9.17) is 5.73 Å². The van der Waals surface area contributed by atoms with Gasteiger partial charge < -0.3 is 10.3 Å². The number of nitrogens with zero attached hydrogens (tertiary/aromatic N) is 2. The number of aromatic nitrogens is 2. The Morgan fingerprint density at radius 2 is 2.00 bits per heavy atom. The van der Waals surface area contributed by atoms with Crippen LogP contribution in [0.3, 0.4) is 0 Å². The Balaban J connectivity index is 1.98. The van der Waals surface area contributed by atoms with Crippen LogP contribution in [0.2, 0.25) is 0 Å². The number of nitrogens with two attached hydrogens (primary N) is 1. The molecule has 0 aliphatic rings. The van der Waals surface area contributed by atoms with Crippen molar-refractivity contribution in [1.82, 2.24) is 9.55 Å². The van der Waals surface area contributed by atoms with E-state index in [0.29, 0.717) is 6.54 Å². The molecule has 0 radical (unpaired) electrons. The van der Waals surface area contributed by atoms with E-state index in [-0.39, 0.29) is 11.5 Å². The Morgan fingerprint density at radius 1 is 1.17 bits per heavy atom. The minimum atomic E-state index is -0.378. The van der Waals surface area contributed by atoms with E-state index in [1.165, 1.54) is 6.07 Å². The van der Waals surface area contributed by atoms with Gasteiger partial charge in [-0.2, -0.15) is 0 Å². The van der Waals surface area contributed by atoms with Crippen molar-refractivity contribution in [3.63, 3.8) is 0 Å². The molecule has 3 nitrogen and oxygen atoms in total. The van der Waals surface area contributed by atoms with Gasteiger partial charge in [-0.15, -0.1) is 0 Å². The number of anilines is 1. The zero-order valence-corrected chi connectivity index (χ0v) is 9.68. The third-order valence-corrected chi connectivity index (χ3v) is 2.95. The van der Waals surface area contributed by atoms with E-state index in [0.717, 1.165) is 16.6 Å². The lowest BCUT2D eigenvalue weighted by Gasteiger charge is -2.05. The van der Waals surface area contributed by atoms with Crippen LogP contribution in [-0.2, 0) is 6.54 Å². The van der Waals surface area contributed by atoms with Crippen molar-refractivity contribution in [2.24, 2.45) is 0 Å². The molecule has 1 heterocycles. The lowest BCUT2D eigenvalue weighted by atomic mass is 10.2. The Morgan fingerprint density at radius 3 is 2.83 bits per heavy atom. The fourth-order valence-electron chi connectivity index (χ4n) is 2.00. The molecular weight excluding hydrogens is 229 g/mol. The molecule has 4 heteroatoms. The molecule has 0 amide bonds.